The second-order valence-electron chi connectivity index (χ2n) is 8.69. The van der Waals surface area contributed by atoms with Gasteiger partial charge < -0.3 is 14.8 Å². The smallest absolute Gasteiger partial charge is 0.253 e. The quantitative estimate of drug-likeness (QED) is 0.728. The molecule has 174 valence electrons. The summed E-state index contributed by atoms with van der Waals surface area (Å²) in [4.78, 5) is 29.2. The Hall–Kier alpha value is -3.10. The lowest BCUT2D eigenvalue weighted by Gasteiger charge is -2.45. The van der Waals surface area contributed by atoms with E-state index in [2.05, 4.69) is 34.0 Å². The van der Waals surface area contributed by atoms with Crippen molar-refractivity contribution in [2.75, 3.05) is 33.4 Å². The molecule has 1 unspecified atom stereocenters. The zero-order chi connectivity index (χ0) is 23.4. The van der Waals surface area contributed by atoms with Gasteiger partial charge in [-0.25, -0.2) is 4.98 Å². The number of ether oxygens (including phenoxy) is 2. The van der Waals surface area contributed by atoms with Gasteiger partial charge in [-0.15, -0.1) is 0 Å². The van der Waals surface area contributed by atoms with E-state index in [1.54, 1.807) is 25.6 Å². The molecule has 0 aliphatic carbocycles. The first-order chi connectivity index (χ1) is 15.9. The summed E-state index contributed by atoms with van der Waals surface area (Å²) in [7, 11) is 1.60. The number of carbonyl (C=O) groups is 1. The number of nitrogens with zero attached hydrogens (tertiary/aromatic N) is 4. The summed E-state index contributed by atoms with van der Waals surface area (Å²) < 4.78 is 10.8. The zero-order valence-electron chi connectivity index (χ0n) is 19.7. The first kappa shape index (κ1) is 23.1. The molecular formula is C25H31N5O3. The normalized spacial score (nSPS) is 21.4. The first-order valence-corrected chi connectivity index (χ1v) is 11.3. The number of nitrogens with one attached hydrogen (secondary N) is 1. The van der Waals surface area contributed by atoms with E-state index in [1.165, 1.54) is 0 Å². The van der Waals surface area contributed by atoms with E-state index in [-0.39, 0.29) is 11.8 Å². The number of rotatable bonds is 6. The Kier molecular flexibility index (Phi) is 6.85. The average molecular weight is 450 g/mol. The summed E-state index contributed by atoms with van der Waals surface area (Å²) in [5.74, 6) is 0.647. The van der Waals surface area contributed by atoms with E-state index in [0.717, 1.165) is 22.5 Å². The molecule has 1 fully saturated rings. The number of methoxy groups -OCH3 is 1. The van der Waals surface area contributed by atoms with Gasteiger partial charge >= 0.3 is 0 Å². The molecule has 8 nitrogen and oxygen atoms in total. The highest BCUT2D eigenvalue weighted by Crippen LogP contribution is 2.34. The van der Waals surface area contributed by atoms with Crippen LogP contribution in [0.2, 0.25) is 0 Å². The second-order valence-corrected chi connectivity index (χ2v) is 8.69. The van der Waals surface area contributed by atoms with Gasteiger partial charge in [0.2, 0.25) is 5.88 Å². The van der Waals surface area contributed by atoms with Crippen molar-refractivity contribution in [1.82, 2.24) is 20.2 Å². The number of aromatic nitrogens is 2. The number of carbonyl (C=O) groups excluding carboxylic acids is 1. The first-order valence-electron chi connectivity index (χ1n) is 11.3. The van der Waals surface area contributed by atoms with Crippen LogP contribution >= 0.6 is 0 Å². The Morgan fingerprint density at radius 2 is 2.00 bits per heavy atom. The largest absolute Gasteiger partial charge is 0.481 e. The monoisotopic (exact) mass is 449 g/mol. The zero-order valence-corrected chi connectivity index (χ0v) is 19.7. The van der Waals surface area contributed by atoms with Crippen molar-refractivity contribution in [3.05, 3.63) is 59.2 Å². The van der Waals surface area contributed by atoms with Gasteiger partial charge in [0, 0.05) is 61.1 Å². The van der Waals surface area contributed by atoms with Crippen molar-refractivity contribution >= 4 is 17.7 Å². The van der Waals surface area contributed by atoms with Crippen molar-refractivity contribution in [3.8, 4) is 5.88 Å². The number of morpholine rings is 1. The fraction of sp³-hybridized carbons (Fsp3) is 0.440. The number of allylic oxidation sites excluding steroid dienone is 1. The molecule has 33 heavy (non-hydrogen) atoms. The third-order valence-corrected chi connectivity index (χ3v) is 6.19. The second kappa shape index (κ2) is 9.80. The molecule has 0 aromatic carbocycles. The van der Waals surface area contributed by atoms with Gasteiger partial charge in [0.15, 0.2) is 0 Å². The highest BCUT2D eigenvalue weighted by molar-refractivity contribution is 5.98. The fourth-order valence-electron chi connectivity index (χ4n) is 4.20. The van der Waals surface area contributed by atoms with Crippen molar-refractivity contribution in [2.24, 2.45) is 4.99 Å². The molecule has 4 heterocycles. The average Bonchev–Trinajstić information content (AvgIpc) is 2.86. The molecule has 4 rings (SSSR count). The summed E-state index contributed by atoms with van der Waals surface area (Å²) in [5, 5.41) is 3.30. The van der Waals surface area contributed by atoms with Gasteiger partial charge in [-0.3, -0.25) is 19.7 Å². The molecule has 2 aromatic rings. The molecule has 2 aliphatic heterocycles. The van der Waals surface area contributed by atoms with Gasteiger partial charge in [0.25, 0.3) is 5.91 Å². The predicted molar refractivity (Wildman–Crippen MR) is 127 cm³/mol. The molecule has 1 saturated heterocycles. The number of pyridine rings is 2. The molecule has 0 spiro atoms. The van der Waals surface area contributed by atoms with E-state index in [0.29, 0.717) is 44.2 Å². The Labute approximate surface area is 194 Å². The van der Waals surface area contributed by atoms with Crippen molar-refractivity contribution in [2.45, 2.75) is 38.8 Å². The molecule has 8 heteroatoms. The van der Waals surface area contributed by atoms with E-state index in [4.69, 9.17) is 14.5 Å². The van der Waals surface area contributed by atoms with E-state index < -0.39 is 5.66 Å². The highest BCUT2D eigenvalue weighted by Gasteiger charge is 2.41. The van der Waals surface area contributed by atoms with Gasteiger partial charge in [0.05, 0.1) is 20.3 Å². The standard InChI is InChI=1S/C25H31N5O3/c1-17(2)22-13-19(7-8-26-22)24(31)29-25(30-9-11-33-12-10-30)14-21(18(3)28-16-25)20-5-6-23(32-4)27-15-20/h5-8,13,15-17H,9-12,14H2,1-4H3,(H,29,31). The Bertz CT molecular complexity index is 1060. The van der Waals surface area contributed by atoms with Crippen LogP contribution in [0.3, 0.4) is 0 Å². The van der Waals surface area contributed by atoms with E-state index in [1.807, 2.05) is 31.3 Å². The lowest BCUT2D eigenvalue weighted by atomic mass is 9.90. The van der Waals surface area contributed by atoms with Crippen molar-refractivity contribution in [3.63, 3.8) is 0 Å². The SMILES string of the molecule is COc1ccc(C2=C(C)N=CC(NC(=O)c3ccnc(C(C)C)c3)(N3CCOCC3)C2)cn1. The lowest BCUT2D eigenvalue weighted by molar-refractivity contribution is -0.00621. The minimum absolute atomic E-state index is 0.149. The van der Waals surface area contributed by atoms with Gasteiger partial charge in [-0.2, -0.15) is 0 Å². The number of hydrogen-bond acceptors (Lipinski definition) is 7. The molecule has 1 amide bonds. The maximum absolute atomic E-state index is 13.4. The number of aliphatic imine (C=N–C) groups is 1. The maximum atomic E-state index is 13.4. The number of amides is 1. The third-order valence-electron chi connectivity index (χ3n) is 6.19. The molecule has 1 atom stereocenters. The third kappa shape index (κ3) is 4.96. The molecule has 1 N–H and O–H groups in total. The fourth-order valence-corrected chi connectivity index (χ4v) is 4.20. The van der Waals surface area contributed by atoms with E-state index >= 15 is 0 Å². The van der Waals surface area contributed by atoms with Crippen molar-refractivity contribution < 1.29 is 14.3 Å². The van der Waals surface area contributed by atoms with Gasteiger partial charge in [-0.05, 0) is 42.2 Å². The summed E-state index contributed by atoms with van der Waals surface area (Å²) in [5.41, 5.74) is 3.62. The highest BCUT2D eigenvalue weighted by atomic mass is 16.5. The van der Waals surface area contributed by atoms with E-state index in [9.17, 15) is 4.79 Å². The van der Waals surface area contributed by atoms with Crippen LogP contribution in [0, 0.1) is 0 Å². The molecule has 0 saturated carbocycles. The summed E-state index contributed by atoms with van der Waals surface area (Å²) in [6.45, 7) is 8.74. The summed E-state index contributed by atoms with van der Waals surface area (Å²) >= 11 is 0. The van der Waals surface area contributed by atoms with Crippen LogP contribution in [0.15, 0.2) is 47.3 Å². The topological polar surface area (TPSA) is 88.9 Å². The molecule has 0 bridgehead atoms. The Morgan fingerprint density at radius 3 is 2.67 bits per heavy atom. The summed E-state index contributed by atoms with van der Waals surface area (Å²) in [6, 6.07) is 7.44. The predicted octanol–water partition coefficient (Wildman–Crippen LogP) is 3.27. The van der Waals surface area contributed by atoms with Crippen LogP contribution in [0.4, 0.5) is 0 Å². The van der Waals surface area contributed by atoms with Crippen LogP contribution in [-0.4, -0.2) is 66.1 Å². The van der Waals surface area contributed by atoms with Crippen LogP contribution in [0.25, 0.3) is 5.57 Å². The minimum atomic E-state index is -0.767. The van der Waals surface area contributed by atoms with Crippen LogP contribution < -0.4 is 10.1 Å². The molecular weight excluding hydrogens is 418 g/mol. The van der Waals surface area contributed by atoms with Crippen molar-refractivity contribution in [1.29, 1.82) is 0 Å². The van der Waals surface area contributed by atoms with Crippen LogP contribution in [0.1, 0.15) is 54.7 Å². The molecule has 2 aromatic heterocycles. The number of hydrogen-bond donors (Lipinski definition) is 1. The Balaban J connectivity index is 1.67. The minimum Gasteiger partial charge on any atom is -0.481 e. The lowest BCUT2D eigenvalue weighted by Crippen LogP contribution is -2.65. The maximum Gasteiger partial charge on any atom is 0.253 e. The molecule has 0 radical (unpaired) electrons. The van der Waals surface area contributed by atoms with Gasteiger partial charge in [0.1, 0.15) is 5.66 Å². The van der Waals surface area contributed by atoms with Crippen LogP contribution in [0.5, 0.6) is 5.88 Å². The summed E-state index contributed by atoms with van der Waals surface area (Å²) in [6.07, 6.45) is 5.93. The molecule has 2 aliphatic rings. The van der Waals surface area contributed by atoms with Crippen LogP contribution in [-0.2, 0) is 4.74 Å². The van der Waals surface area contributed by atoms with Gasteiger partial charge in [-0.1, -0.05) is 13.8 Å². The Morgan fingerprint density at radius 1 is 1.21 bits per heavy atom.